The van der Waals surface area contributed by atoms with Gasteiger partial charge in [0, 0.05) is 16.0 Å². The van der Waals surface area contributed by atoms with Crippen LogP contribution in [0.4, 0.5) is 0 Å². The SMILES string of the molecule is CCCC(C(=O)O)c1c(C)nc2sc3c(c2c1-c1ccc(C)cc1)CC=CC=C3. The summed E-state index contributed by atoms with van der Waals surface area (Å²) < 4.78 is 0. The number of pyridine rings is 1. The summed E-state index contributed by atoms with van der Waals surface area (Å²) in [5, 5.41) is 11.2. The number of carboxylic acids is 1. The van der Waals surface area contributed by atoms with Crippen molar-refractivity contribution in [1.82, 2.24) is 4.98 Å². The van der Waals surface area contributed by atoms with Crippen molar-refractivity contribution in [2.45, 2.75) is 46.0 Å². The predicted molar refractivity (Wildman–Crippen MR) is 122 cm³/mol. The zero-order valence-electron chi connectivity index (χ0n) is 17.0. The molecule has 2 aromatic heterocycles. The lowest BCUT2D eigenvalue weighted by Gasteiger charge is -2.21. The number of allylic oxidation sites excluding steroid dienone is 3. The molecule has 0 aliphatic heterocycles. The zero-order chi connectivity index (χ0) is 20.5. The highest BCUT2D eigenvalue weighted by atomic mass is 32.1. The van der Waals surface area contributed by atoms with Crippen LogP contribution in [-0.2, 0) is 11.2 Å². The Kier molecular flexibility index (Phi) is 5.37. The third kappa shape index (κ3) is 3.53. The number of carboxylic acid groups (broad SMARTS) is 1. The number of rotatable bonds is 5. The number of aliphatic carboxylic acids is 1. The predicted octanol–water partition coefficient (Wildman–Crippen LogP) is 6.67. The summed E-state index contributed by atoms with van der Waals surface area (Å²) >= 11 is 1.70. The van der Waals surface area contributed by atoms with E-state index in [4.69, 9.17) is 4.98 Å². The molecule has 0 spiro atoms. The fraction of sp³-hybridized carbons (Fsp3) is 0.280. The van der Waals surface area contributed by atoms with Gasteiger partial charge in [-0.15, -0.1) is 11.3 Å². The van der Waals surface area contributed by atoms with Crippen LogP contribution in [0.3, 0.4) is 0 Å². The van der Waals surface area contributed by atoms with Crippen molar-refractivity contribution in [3.63, 3.8) is 0 Å². The summed E-state index contributed by atoms with van der Waals surface area (Å²) in [6, 6.07) is 8.43. The lowest BCUT2D eigenvalue weighted by Crippen LogP contribution is -2.15. The molecule has 0 saturated heterocycles. The van der Waals surface area contributed by atoms with Gasteiger partial charge in [-0.25, -0.2) is 4.98 Å². The molecule has 1 aliphatic carbocycles. The normalized spacial score (nSPS) is 14.0. The standard InChI is InChI=1S/C25H25NO2S/c1-4-8-19(25(27)28)21-16(3)26-24-23(18-9-6-5-7-10-20(18)29-24)22(21)17-13-11-15(2)12-14-17/h5-7,10-14,19H,4,8-9H2,1-3H3,(H,27,28). The minimum Gasteiger partial charge on any atom is -0.481 e. The largest absolute Gasteiger partial charge is 0.481 e. The molecule has 4 heteroatoms. The number of fused-ring (bicyclic) bond motifs is 3. The van der Waals surface area contributed by atoms with Gasteiger partial charge in [0.25, 0.3) is 0 Å². The van der Waals surface area contributed by atoms with Crippen molar-refractivity contribution in [2.24, 2.45) is 0 Å². The van der Waals surface area contributed by atoms with E-state index in [1.807, 2.05) is 13.8 Å². The smallest absolute Gasteiger partial charge is 0.311 e. The molecule has 1 aromatic carbocycles. The monoisotopic (exact) mass is 403 g/mol. The van der Waals surface area contributed by atoms with E-state index in [0.717, 1.165) is 45.4 Å². The minimum atomic E-state index is -0.773. The summed E-state index contributed by atoms with van der Waals surface area (Å²) in [7, 11) is 0. The second-order valence-corrected chi connectivity index (χ2v) is 8.68. The van der Waals surface area contributed by atoms with E-state index in [1.165, 1.54) is 16.0 Å². The number of aryl methyl sites for hydroxylation is 2. The van der Waals surface area contributed by atoms with Gasteiger partial charge in [0.1, 0.15) is 4.83 Å². The first-order valence-corrected chi connectivity index (χ1v) is 10.9. The van der Waals surface area contributed by atoms with E-state index < -0.39 is 11.9 Å². The van der Waals surface area contributed by atoms with Gasteiger partial charge in [-0.1, -0.05) is 61.4 Å². The van der Waals surface area contributed by atoms with E-state index in [9.17, 15) is 9.90 Å². The average molecular weight is 404 g/mol. The lowest BCUT2D eigenvalue weighted by molar-refractivity contribution is -0.139. The summed E-state index contributed by atoms with van der Waals surface area (Å²) in [5.41, 5.74) is 6.25. The maximum absolute atomic E-state index is 12.3. The zero-order valence-corrected chi connectivity index (χ0v) is 17.8. The third-order valence-corrected chi connectivity index (χ3v) is 6.67. The van der Waals surface area contributed by atoms with Gasteiger partial charge in [0.15, 0.2) is 0 Å². The topological polar surface area (TPSA) is 50.2 Å². The van der Waals surface area contributed by atoms with Gasteiger partial charge in [0.05, 0.1) is 5.92 Å². The van der Waals surface area contributed by atoms with Gasteiger partial charge in [-0.3, -0.25) is 4.79 Å². The Balaban J connectivity index is 2.12. The molecule has 1 unspecified atom stereocenters. The van der Waals surface area contributed by atoms with Crippen LogP contribution in [0.15, 0.2) is 42.5 Å². The molecule has 2 heterocycles. The molecule has 0 radical (unpaired) electrons. The molecular formula is C25H25NO2S. The Morgan fingerprint density at radius 1 is 1.21 bits per heavy atom. The number of carbonyl (C=O) groups is 1. The molecule has 1 aliphatic rings. The molecular weight excluding hydrogens is 378 g/mol. The molecule has 0 fully saturated rings. The minimum absolute atomic E-state index is 0.555. The van der Waals surface area contributed by atoms with Crippen LogP contribution >= 0.6 is 11.3 Å². The molecule has 3 aromatic rings. The van der Waals surface area contributed by atoms with Gasteiger partial charge in [0.2, 0.25) is 0 Å². The van der Waals surface area contributed by atoms with Crippen LogP contribution < -0.4 is 0 Å². The first-order chi connectivity index (χ1) is 14.0. The summed E-state index contributed by atoms with van der Waals surface area (Å²) in [6.45, 7) is 6.06. The van der Waals surface area contributed by atoms with Crippen LogP contribution in [0.5, 0.6) is 0 Å². The molecule has 148 valence electrons. The number of hydrogen-bond donors (Lipinski definition) is 1. The quantitative estimate of drug-likeness (QED) is 0.517. The Hall–Kier alpha value is -2.72. The van der Waals surface area contributed by atoms with Gasteiger partial charge >= 0.3 is 5.97 Å². The molecule has 0 amide bonds. The van der Waals surface area contributed by atoms with E-state index in [1.54, 1.807) is 11.3 Å². The molecule has 3 nitrogen and oxygen atoms in total. The number of hydrogen-bond acceptors (Lipinski definition) is 3. The maximum atomic E-state index is 12.3. The van der Waals surface area contributed by atoms with Crippen molar-refractivity contribution in [2.75, 3.05) is 0 Å². The van der Waals surface area contributed by atoms with E-state index in [-0.39, 0.29) is 0 Å². The number of thiophene rings is 1. The van der Waals surface area contributed by atoms with E-state index in [2.05, 4.69) is 55.5 Å². The van der Waals surface area contributed by atoms with Crippen molar-refractivity contribution in [3.8, 4) is 11.1 Å². The Morgan fingerprint density at radius 3 is 2.66 bits per heavy atom. The number of benzene rings is 1. The summed E-state index contributed by atoms with van der Waals surface area (Å²) in [5.74, 6) is -1.33. The third-order valence-electron chi connectivity index (χ3n) is 5.58. The maximum Gasteiger partial charge on any atom is 0.311 e. The van der Waals surface area contributed by atoms with E-state index >= 15 is 0 Å². The Labute approximate surface area is 175 Å². The molecule has 0 saturated carbocycles. The molecule has 29 heavy (non-hydrogen) atoms. The second kappa shape index (κ2) is 7.96. The van der Waals surface area contributed by atoms with Crippen LogP contribution in [0.25, 0.3) is 27.4 Å². The molecule has 4 rings (SSSR count). The summed E-state index contributed by atoms with van der Waals surface area (Å²) in [4.78, 5) is 19.4. The highest BCUT2D eigenvalue weighted by molar-refractivity contribution is 7.19. The van der Waals surface area contributed by atoms with Crippen molar-refractivity contribution in [1.29, 1.82) is 0 Å². The molecule has 1 N–H and O–H groups in total. The van der Waals surface area contributed by atoms with Gasteiger partial charge in [-0.2, -0.15) is 0 Å². The fourth-order valence-electron chi connectivity index (χ4n) is 4.20. The van der Waals surface area contributed by atoms with E-state index in [0.29, 0.717) is 6.42 Å². The number of nitrogens with zero attached hydrogens (tertiary/aromatic N) is 1. The summed E-state index contributed by atoms with van der Waals surface area (Å²) in [6.07, 6.45) is 10.7. The van der Waals surface area contributed by atoms with Gasteiger partial charge < -0.3 is 5.11 Å². The first kappa shape index (κ1) is 19.6. The van der Waals surface area contributed by atoms with Crippen LogP contribution in [0.1, 0.15) is 52.9 Å². The van der Waals surface area contributed by atoms with Gasteiger partial charge in [-0.05, 0) is 55.0 Å². The Morgan fingerprint density at radius 2 is 1.97 bits per heavy atom. The van der Waals surface area contributed by atoms with Crippen molar-refractivity contribution >= 4 is 33.6 Å². The molecule has 1 atom stereocenters. The second-order valence-electron chi connectivity index (χ2n) is 7.65. The Bertz CT molecular complexity index is 1140. The first-order valence-electron chi connectivity index (χ1n) is 10.1. The van der Waals surface area contributed by atoms with Crippen LogP contribution in [0.2, 0.25) is 0 Å². The molecule has 0 bridgehead atoms. The number of aromatic nitrogens is 1. The van der Waals surface area contributed by atoms with Crippen LogP contribution in [0, 0.1) is 13.8 Å². The highest BCUT2D eigenvalue weighted by Gasteiger charge is 2.29. The average Bonchev–Trinajstić information content (AvgIpc) is 2.86. The highest BCUT2D eigenvalue weighted by Crippen LogP contribution is 2.44. The van der Waals surface area contributed by atoms with Crippen LogP contribution in [-0.4, -0.2) is 16.1 Å². The van der Waals surface area contributed by atoms with Crippen molar-refractivity contribution < 1.29 is 9.90 Å². The lowest BCUT2D eigenvalue weighted by atomic mass is 9.84. The van der Waals surface area contributed by atoms with Crippen molar-refractivity contribution in [3.05, 3.63) is 69.8 Å². The fourth-order valence-corrected chi connectivity index (χ4v) is 5.38.